The molecule has 0 saturated heterocycles. The zero-order chi connectivity index (χ0) is 9.07. The third-order valence-corrected chi connectivity index (χ3v) is 2.51. The van der Waals surface area contributed by atoms with E-state index in [-0.39, 0.29) is 5.52 Å². The number of quaternary nitrogens is 1. The van der Waals surface area contributed by atoms with Crippen LogP contribution < -0.4 is 0 Å². The molecule has 0 rings (SSSR count). The lowest BCUT2D eigenvalue weighted by atomic mass is 10.5. The Morgan fingerprint density at radius 2 is 1.91 bits per heavy atom. The monoisotopic (exact) mass is 178 g/mol. The van der Waals surface area contributed by atoms with Crippen LogP contribution >= 0.6 is 8.15 Å². The van der Waals surface area contributed by atoms with Gasteiger partial charge in [-0.25, -0.2) is 0 Å². The summed E-state index contributed by atoms with van der Waals surface area (Å²) in [5, 5.41) is 0. The highest BCUT2D eigenvalue weighted by Crippen LogP contribution is 2.30. The summed E-state index contributed by atoms with van der Waals surface area (Å²) in [5.41, 5.74) is -0.00463. The van der Waals surface area contributed by atoms with E-state index in [0.29, 0.717) is 17.2 Å². The van der Waals surface area contributed by atoms with Crippen LogP contribution in [0.15, 0.2) is 0 Å². The lowest BCUT2D eigenvalue weighted by molar-refractivity contribution is -0.861. The maximum Gasteiger partial charge on any atom is 0.234 e. The molecule has 0 aromatic heterocycles. The second kappa shape index (κ2) is 4.15. The smallest absolute Gasteiger partial charge is 0.234 e. The highest BCUT2D eigenvalue weighted by molar-refractivity contribution is 7.69. The van der Waals surface area contributed by atoms with Crippen LogP contribution in [0.5, 0.6) is 0 Å². The SMILES string of the molecule is CCP(O)C(=O)C[N+](C)(C)C. The van der Waals surface area contributed by atoms with Crippen molar-refractivity contribution in [3.63, 3.8) is 0 Å². The summed E-state index contributed by atoms with van der Waals surface area (Å²) >= 11 is 0. The molecule has 0 aromatic rings. The lowest BCUT2D eigenvalue weighted by Crippen LogP contribution is -2.39. The number of carbonyl (C=O) groups excluding carboxylic acids is 1. The summed E-state index contributed by atoms with van der Waals surface area (Å²) in [6.07, 6.45) is 0.578. The van der Waals surface area contributed by atoms with E-state index in [4.69, 9.17) is 0 Å². The molecule has 3 nitrogen and oxygen atoms in total. The third kappa shape index (κ3) is 5.31. The van der Waals surface area contributed by atoms with Gasteiger partial charge in [-0.15, -0.1) is 0 Å². The molecule has 0 amide bonds. The average Bonchev–Trinajstić information content (AvgIpc) is 1.82. The lowest BCUT2D eigenvalue weighted by Gasteiger charge is -2.23. The summed E-state index contributed by atoms with van der Waals surface area (Å²) in [6.45, 7) is 2.26. The molecule has 0 heterocycles. The van der Waals surface area contributed by atoms with E-state index in [0.717, 1.165) is 0 Å². The molecule has 0 bridgehead atoms. The Kier molecular flexibility index (Phi) is 4.16. The quantitative estimate of drug-likeness (QED) is 0.506. The highest BCUT2D eigenvalue weighted by atomic mass is 31.1. The van der Waals surface area contributed by atoms with Crippen LogP contribution in [0, 0.1) is 0 Å². The van der Waals surface area contributed by atoms with Gasteiger partial charge in [-0.2, -0.15) is 0 Å². The Labute approximate surface area is 69.4 Å². The molecule has 0 fully saturated rings. The molecule has 1 N–H and O–H groups in total. The Morgan fingerprint density at radius 1 is 1.45 bits per heavy atom. The molecular formula is C7H17NO2P+. The van der Waals surface area contributed by atoms with Crippen molar-refractivity contribution in [1.29, 1.82) is 0 Å². The fourth-order valence-corrected chi connectivity index (χ4v) is 1.60. The van der Waals surface area contributed by atoms with Crippen molar-refractivity contribution in [2.45, 2.75) is 6.92 Å². The summed E-state index contributed by atoms with van der Waals surface area (Å²) in [5.74, 6) is 0. The minimum atomic E-state index is -1.36. The number of nitrogens with zero attached hydrogens (tertiary/aromatic N) is 1. The molecule has 0 saturated carbocycles. The van der Waals surface area contributed by atoms with Crippen molar-refractivity contribution >= 4 is 13.7 Å². The standard InChI is InChI=1S/C7H17NO2P/c1-5-11(10)7(9)6-8(2,3)4/h10H,5-6H2,1-4H3/q+1. The van der Waals surface area contributed by atoms with Crippen molar-refractivity contribution in [1.82, 2.24) is 0 Å². The molecule has 4 heteroatoms. The van der Waals surface area contributed by atoms with Crippen molar-refractivity contribution in [2.75, 3.05) is 33.8 Å². The first kappa shape index (κ1) is 11.0. The van der Waals surface area contributed by atoms with Crippen molar-refractivity contribution in [2.24, 2.45) is 0 Å². The van der Waals surface area contributed by atoms with Gasteiger partial charge in [0.2, 0.25) is 5.52 Å². The Morgan fingerprint density at radius 3 is 2.18 bits per heavy atom. The molecule has 0 spiro atoms. The van der Waals surface area contributed by atoms with Crippen molar-refractivity contribution in [3.05, 3.63) is 0 Å². The van der Waals surface area contributed by atoms with Gasteiger partial charge < -0.3 is 9.38 Å². The van der Waals surface area contributed by atoms with Gasteiger partial charge in [0.15, 0.2) is 0 Å². The minimum absolute atomic E-state index is 0.00463. The Bertz CT molecular complexity index is 142. The molecule has 66 valence electrons. The maximum absolute atomic E-state index is 11.2. The molecule has 0 aliphatic heterocycles. The van der Waals surface area contributed by atoms with Crippen LogP contribution in [0.3, 0.4) is 0 Å². The number of hydrogen-bond acceptors (Lipinski definition) is 2. The van der Waals surface area contributed by atoms with E-state index in [2.05, 4.69) is 0 Å². The van der Waals surface area contributed by atoms with Crippen LogP contribution in [-0.2, 0) is 4.79 Å². The predicted octanol–water partition coefficient (Wildman–Crippen LogP) is 0.628. The zero-order valence-corrected chi connectivity index (χ0v) is 8.56. The summed E-state index contributed by atoms with van der Waals surface area (Å²) in [4.78, 5) is 20.3. The minimum Gasteiger partial charge on any atom is -0.366 e. The van der Waals surface area contributed by atoms with E-state index >= 15 is 0 Å². The first-order chi connectivity index (χ1) is 4.87. The first-order valence-corrected chi connectivity index (χ1v) is 5.14. The van der Waals surface area contributed by atoms with Crippen molar-refractivity contribution < 1.29 is 14.2 Å². The van der Waals surface area contributed by atoms with E-state index in [1.165, 1.54) is 0 Å². The zero-order valence-electron chi connectivity index (χ0n) is 7.66. The molecule has 11 heavy (non-hydrogen) atoms. The van der Waals surface area contributed by atoms with Gasteiger partial charge in [0, 0.05) is 0 Å². The molecular weight excluding hydrogens is 161 g/mol. The van der Waals surface area contributed by atoms with E-state index < -0.39 is 8.15 Å². The summed E-state index contributed by atoms with van der Waals surface area (Å²) in [7, 11) is 4.47. The van der Waals surface area contributed by atoms with Crippen LogP contribution in [0.4, 0.5) is 0 Å². The summed E-state index contributed by atoms with van der Waals surface area (Å²) in [6, 6.07) is 0. The fraction of sp³-hybridized carbons (Fsp3) is 0.857. The van der Waals surface area contributed by atoms with Crippen LogP contribution in [0.25, 0.3) is 0 Å². The van der Waals surface area contributed by atoms with Crippen LogP contribution in [-0.4, -0.2) is 48.8 Å². The van der Waals surface area contributed by atoms with E-state index in [1.54, 1.807) is 0 Å². The highest BCUT2D eigenvalue weighted by Gasteiger charge is 2.20. The van der Waals surface area contributed by atoms with Crippen LogP contribution in [0.2, 0.25) is 0 Å². The Hall–Kier alpha value is 0.0200. The molecule has 0 radical (unpaired) electrons. The van der Waals surface area contributed by atoms with E-state index in [1.807, 2.05) is 28.1 Å². The van der Waals surface area contributed by atoms with Gasteiger partial charge in [-0.05, 0) is 6.16 Å². The molecule has 0 aromatic carbocycles. The van der Waals surface area contributed by atoms with Gasteiger partial charge in [0.05, 0.1) is 21.1 Å². The predicted molar refractivity (Wildman–Crippen MR) is 47.6 cm³/mol. The van der Waals surface area contributed by atoms with Crippen LogP contribution in [0.1, 0.15) is 6.92 Å². The topological polar surface area (TPSA) is 37.3 Å². The summed E-state index contributed by atoms with van der Waals surface area (Å²) < 4.78 is 0.595. The second-order valence-electron chi connectivity index (χ2n) is 3.56. The number of likely N-dealkylation sites (N-methyl/N-ethyl adjacent to an activating group) is 1. The maximum atomic E-state index is 11.2. The van der Waals surface area contributed by atoms with Gasteiger partial charge in [0.1, 0.15) is 14.7 Å². The first-order valence-electron chi connectivity index (χ1n) is 3.66. The second-order valence-corrected chi connectivity index (χ2v) is 5.49. The molecule has 0 aliphatic carbocycles. The molecule has 0 aliphatic rings. The number of hydrogen-bond donors (Lipinski definition) is 1. The Balaban J connectivity index is 3.88. The average molecular weight is 178 g/mol. The molecule has 1 atom stereocenters. The van der Waals surface area contributed by atoms with E-state index in [9.17, 15) is 9.69 Å². The number of rotatable bonds is 4. The number of carbonyl (C=O) groups is 1. The molecule has 1 unspecified atom stereocenters. The third-order valence-electron chi connectivity index (χ3n) is 1.20. The fourth-order valence-electron chi connectivity index (χ4n) is 0.664. The normalized spacial score (nSPS) is 14.6. The van der Waals surface area contributed by atoms with Gasteiger partial charge in [-0.3, -0.25) is 4.79 Å². The van der Waals surface area contributed by atoms with Crippen molar-refractivity contribution in [3.8, 4) is 0 Å². The van der Waals surface area contributed by atoms with Gasteiger partial charge >= 0.3 is 0 Å². The van der Waals surface area contributed by atoms with Gasteiger partial charge in [-0.1, -0.05) is 6.92 Å². The largest absolute Gasteiger partial charge is 0.366 e. The van der Waals surface area contributed by atoms with Gasteiger partial charge in [0.25, 0.3) is 0 Å².